The van der Waals surface area contributed by atoms with Gasteiger partial charge in [-0.25, -0.2) is 17.6 Å². The molecule has 1 heterocycles. The quantitative estimate of drug-likeness (QED) is 0.308. The number of fused-ring (bicyclic) bond motifs is 1. The van der Waals surface area contributed by atoms with Crippen molar-refractivity contribution in [2.75, 3.05) is 25.0 Å². The summed E-state index contributed by atoms with van der Waals surface area (Å²) < 4.78 is 53.7. The number of nitrogens with one attached hydrogen (secondary N) is 1. The zero-order chi connectivity index (χ0) is 27.3. The molecule has 38 heavy (non-hydrogen) atoms. The summed E-state index contributed by atoms with van der Waals surface area (Å²) in [5.41, 5.74) is 1.47. The van der Waals surface area contributed by atoms with Gasteiger partial charge in [-0.3, -0.25) is 9.52 Å². The number of anilines is 1. The fourth-order valence-electron chi connectivity index (χ4n) is 3.59. The van der Waals surface area contributed by atoms with Gasteiger partial charge in [-0.1, -0.05) is 17.4 Å². The summed E-state index contributed by atoms with van der Waals surface area (Å²) in [5.74, 6) is -1.59. The van der Waals surface area contributed by atoms with Crippen LogP contribution in [0.2, 0.25) is 0 Å². The van der Waals surface area contributed by atoms with Gasteiger partial charge in [0.1, 0.15) is 5.82 Å². The highest BCUT2D eigenvalue weighted by Gasteiger charge is 2.16. The number of amides is 1. The molecule has 0 saturated heterocycles. The van der Waals surface area contributed by atoms with Gasteiger partial charge in [0, 0.05) is 24.9 Å². The number of hydrogen-bond acceptors (Lipinski definition) is 7. The molecule has 12 heteroatoms. The van der Waals surface area contributed by atoms with Crippen molar-refractivity contribution in [2.45, 2.75) is 18.4 Å². The molecule has 1 amide bonds. The van der Waals surface area contributed by atoms with Crippen LogP contribution in [0.15, 0.2) is 76.6 Å². The molecule has 0 atom stereocenters. The normalized spacial score (nSPS) is 12.0. The minimum Gasteiger partial charge on any atom is -0.462 e. The van der Waals surface area contributed by atoms with Gasteiger partial charge in [-0.2, -0.15) is 4.99 Å². The molecule has 0 spiro atoms. The maximum atomic E-state index is 13.2. The lowest BCUT2D eigenvalue weighted by atomic mass is 10.2. The predicted octanol–water partition coefficient (Wildman–Crippen LogP) is 4.21. The van der Waals surface area contributed by atoms with E-state index in [1.54, 1.807) is 32.2 Å². The Morgan fingerprint density at radius 1 is 1.05 bits per heavy atom. The van der Waals surface area contributed by atoms with Crippen LogP contribution in [0.3, 0.4) is 0 Å². The standard InChI is InChI=1S/C26H24FN3O6S2/c1-3-36-25(32)18-7-12-22-23(16-18)37-26(30(22)13-14-35-2)28-24(31)17-5-4-6-20(15-17)29-38(33,34)21-10-8-19(27)9-11-21/h4-12,15-16,29H,3,13-14H2,1-2H3. The lowest BCUT2D eigenvalue weighted by Gasteiger charge is -2.09. The van der Waals surface area contributed by atoms with Crippen LogP contribution in [0.1, 0.15) is 27.6 Å². The third-order valence-corrected chi connectivity index (χ3v) is 7.83. The molecule has 9 nitrogen and oxygen atoms in total. The van der Waals surface area contributed by atoms with Crippen LogP contribution in [0.5, 0.6) is 0 Å². The highest BCUT2D eigenvalue weighted by Crippen LogP contribution is 2.21. The van der Waals surface area contributed by atoms with Gasteiger partial charge < -0.3 is 14.0 Å². The van der Waals surface area contributed by atoms with E-state index in [-0.39, 0.29) is 22.8 Å². The molecular formula is C26H24FN3O6S2. The summed E-state index contributed by atoms with van der Waals surface area (Å²) in [6.07, 6.45) is 0. The van der Waals surface area contributed by atoms with Crippen LogP contribution in [-0.2, 0) is 26.0 Å². The number of halogens is 1. The van der Waals surface area contributed by atoms with Crippen molar-refractivity contribution in [3.63, 3.8) is 0 Å². The van der Waals surface area contributed by atoms with E-state index in [2.05, 4.69) is 9.71 Å². The van der Waals surface area contributed by atoms with Gasteiger partial charge in [0.25, 0.3) is 15.9 Å². The Hall–Kier alpha value is -3.87. The van der Waals surface area contributed by atoms with Crippen LogP contribution in [0.25, 0.3) is 10.2 Å². The van der Waals surface area contributed by atoms with Gasteiger partial charge in [0.15, 0.2) is 4.80 Å². The predicted molar refractivity (Wildman–Crippen MR) is 141 cm³/mol. The van der Waals surface area contributed by atoms with E-state index in [4.69, 9.17) is 9.47 Å². The number of rotatable bonds is 9. The van der Waals surface area contributed by atoms with Crippen LogP contribution < -0.4 is 9.52 Å². The van der Waals surface area contributed by atoms with Gasteiger partial charge >= 0.3 is 5.97 Å². The fourth-order valence-corrected chi connectivity index (χ4v) is 5.74. The Kier molecular flexibility index (Phi) is 8.35. The largest absolute Gasteiger partial charge is 0.462 e. The van der Waals surface area contributed by atoms with Gasteiger partial charge in [0.2, 0.25) is 0 Å². The number of sulfonamides is 1. The summed E-state index contributed by atoms with van der Waals surface area (Å²) in [5, 5.41) is 0. The first-order valence-electron chi connectivity index (χ1n) is 11.5. The van der Waals surface area contributed by atoms with E-state index in [9.17, 15) is 22.4 Å². The third kappa shape index (κ3) is 6.15. The van der Waals surface area contributed by atoms with Crippen molar-refractivity contribution in [3.05, 3.63) is 88.5 Å². The first kappa shape index (κ1) is 27.2. The molecule has 198 valence electrons. The minimum absolute atomic E-state index is 0.119. The zero-order valence-corrected chi connectivity index (χ0v) is 22.1. The number of carbonyl (C=O) groups is 2. The van der Waals surface area contributed by atoms with Crippen molar-refractivity contribution in [1.29, 1.82) is 0 Å². The van der Waals surface area contributed by atoms with Crippen LogP contribution in [0, 0.1) is 5.82 Å². The smallest absolute Gasteiger partial charge is 0.338 e. The SMILES string of the molecule is CCOC(=O)c1ccc2c(c1)sc(=NC(=O)c1cccc(NS(=O)(=O)c3ccc(F)cc3)c1)n2CCOC. The number of aromatic nitrogens is 1. The molecule has 1 N–H and O–H groups in total. The number of carbonyl (C=O) groups excluding carboxylic acids is 2. The fraction of sp³-hybridized carbons (Fsp3) is 0.192. The molecule has 0 aliphatic rings. The van der Waals surface area contributed by atoms with Gasteiger partial charge in [-0.15, -0.1) is 0 Å². The number of benzene rings is 3. The topological polar surface area (TPSA) is 116 Å². The molecule has 4 aromatic rings. The summed E-state index contributed by atoms with van der Waals surface area (Å²) in [6, 6.07) is 15.4. The average Bonchev–Trinajstić information content (AvgIpc) is 3.23. The average molecular weight is 558 g/mol. The van der Waals surface area contributed by atoms with Crippen molar-refractivity contribution in [3.8, 4) is 0 Å². The van der Waals surface area contributed by atoms with Gasteiger partial charge in [-0.05, 0) is 67.6 Å². The molecule has 3 aromatic carbocycles. The van der Waals surface area contributed by atoms with Crippen molar-refractivity contribution < 1.29 is 31.9 Å². The van der Waals surface area contributed by atoms with E-state index in [1.807, 2.05) is 4.57 Å². The van der Waals surface area contributed by atoms with Crippen molar-refractivity contribution in [2.24, 2.45) is 4.99 Å². The number of esters is 1. The highest BCUT2D eigenvalue weighted by molar-refractivity contribution is 7.92. The molecule has 4 rings (SSSR count). The highest BCUT2D eigenvalue weighted by atomic mass is 32.2. The second-order valence-electron chi connectivity index (χ2n) is 7.99. The molecular weight excluding hydrogens is 533 g/mol. The summed E-state index contributed by atoms with van der Waals surface area (Å²) >= 11 is 1.23. The second kappa shape index (κ2) is 11.7. The van der Waals surface area contributed by atoms with E-state index in [0.717, 1.165) is 34.5 Å². The summed E-state index contributed by atoms with van der Waals surface area (Å²) in [7, 11) is -2.43. The Morgan fingerprint density at radius 3 is 2.53 bits per heavy atom. The summed E-state index contributed by atoms with van der Waals surface area (Å²) in [4.78, 5) is 29.8. The lowest BCUT2D eigenvalue weighted by molar-refractivity contribution is 0.0526. The molecule has 0 aliphatic carbocycles. The van der Waals surface area contributed by atoms with Gasteiger partial charge in [0.05, 0.1) is 33.9 Å². The van der Waals surface area contributed by atoms with Crippen LogP contribution in [0.4, 0.5) is 10.1 Å². The Labute approximate surface area is 222 Å². The molecule has 0 unspecified atom stereocenters. The first-order chi connectivity index (χ1) is 18.2. The first-order valence-corrected chi connectivity index (χ1v) is 13.8. The lowest BCUT2D eigenvalue weighted by Crippen LogP contribution is -2.19. The zero-order valence-electron chi connectivity index (χ0n) is 20.5. The number of ether oxygens (including phenoxy) is 2. The second-order valence-corrected chi connectivity index (χ2v) is 10.7. The Morgan fingerprint density at radius 2 is 1.82 bits per heavy atom. The third-order valence-electron chi connectivity index (χ3n) is 5.40. The van der Waals surface area contributed by atoms with E-state index in [0.29, 0.717) is 23.5 Å². The maximum Gasteiger partial charge on any atom is 0.338 e. The number of methoxy groups -OCH3 is 1. The number of thiazole rings is 1. The minimum atomic E-state index is -3.99. The van der Waals surface area contributed by atoms with Crippen LogP contribution in [-0.4, -0.2) is 45.2 Å². The van der Waals surface area contributed by atoms with Crippen molar-refractivity contribution in [1.82, 2.24) is 4.57 Å². The van der Waals surface area contributed by atoms with E-state index in [1.165, 1.54) is 35.6 Å². The Bertz CT molecular complexity index is 1660. The number of nitrogens with zero attached hydrogens (tertiary/aromatic N) is 2. The molecule has 0 saturated carbocycles. The molecule has 0 fully saturated rings. The Balaban J connectivity index is 1.67. The molecule has 1 aromatic heterocycles. The summed E-state index contributed by atoms with van der Waals surface area (Å²) in [6.45, 7) is 2.77. The van der Waals surface area contributed by atoms with Crippen molar-refractivity contribution >= 4 is 49.1 Å². The van der Waals surface area contributed by atoms with Crippen LogP contribution >= 0.6 is 11.3 Å². The maximum absolute atomic E-state index is 13.2. The molecule has 0 radical (unpaired) electrons. The van der Waals surface area contributed by atoms with E-state index >= 15 is 0 Å². The monoisotopic (exact) mass is 557 g/mol. The molecule has 0 bridgehead atoms. The van der Waals surface area contributed by atoms with E-state index < -0.39 is 27.7 Å². The molecule has 0 aliphatic heterocycles. The number of hydrogen-bond donors (Lipinski definition) is 1.